The molecule has 1 aromatic carbocycles. The van der Waals surface area contributed by atoms with Gasteiger partial charge in [-0.2, -0.15) is 0 Å². The Morgan fingerprint density at radius 1 is 1.15 bits per heavy atom. The van der Waals surface area contributed by atoms with Gasteiger partial charge in [-0.3, -0.25) is 14.4 Å². The largest absolute Gasteiger partial charge is 0.508 e. The SMILES string of the molecule is C[C@H]1c2cccc(O)c2C(O)=C2C(=O)[C@]3(O)C(O)=C(C(=O)NC(C)(C)C)C(=O)C[C@@H]3[C@@H](O)[C@@H]21. The Morgan fingerprint density at radius 3 is 2.39 bits per heavy atom. The van der Waals surface area contributed by atoms with Crippen LogP contribution < -0.4 is 5.32 Å². The van der Waals surface area contributed by atoms with Gasteiger partial charge in [0.15, 0.2) is 11.4 Å². The molecule has 0 aliphatic heterocycles. The summed E-state index contributed by atoms with van der Waals surface area (Å²) >= 11 is 0. The van der Waals surface area contributed by atoms with Crippen molar-refractivity contribution in [1.29, 1.82) is 0 Å². The van der Waals surface area contributed by atoms with Gasteiger partial charge in [-0.05, 0) is 38.3 Å². The molecule has 0 saturated heterocycles. The summed E-state index contributed by atoms with van der Waals surface area (Å²) in [5.74, 6) is -7.93. The zero-order valence-electron chi connectivity index (χ0n) is 18.7. The highest BCUT2D eigenvalue weighted by Gasteiger charge is 2.65. The summed E-state index contributed by atoms with van der Waals surface area (Å²) in [4.78, 5) is 39.2. The Balaban J connectivity index is 1.93. The van der Waals surface area contributed by atoms with Gasteiger partial charge < -0.3 is 30.8 Å². The number of hydrogen-bond donors (Lipinski definition) is 6. The Bertz CT molecular complexity index is 1160. The lowest BCUT2D eigenvalue weighted by atomic mass is 9.55. The number of fused-ring (bicyclic) bond motifs is 3. The average molecular weight is 457 g/mol. The minimum Gasteiger partial charge on any atom is -0.508 e. The first kappa shape index (κ1) is 23.0. The zero-order chi connectivity index (χ0) is 24.6. The third-order valence-corrected chi connectivity index (χ3v) is 6.83. The summed E-state index contributed by atoms with van der Waals surface area (Å²) in [6.07, 6.45) is -2.06. The lowest BCUT2D eigenvalue weighted by Gasteiger charge is -2.50. The van der Waals surface area contributed by atoms with E-state index in [0.717, 1.165) is 0 Å². The molecule has 5 atom stereocenters. The van der Waals surface area contributed by atoms with E-state index in [0.29, 0.717) is 5.56 Å². The third-order valence-electron chi connectivity index (χ3n) is 6.83. The number of phenolic OH excluding ortho intramolecular Hbond substituents is 1. The molecule has 4 rings (SSSR count). The molecular formula is C24H27NO8. The van der Waals surface area contributed by atoms with Crippen molar-refractivity contribution >= 4 is 23.2 Å². The van der Waals surface area contributed by atoms with E-state index in [9.17, 15) is 39.9 Å². The van der Waals surface area contributed by atoms with Crippen molar-refractivity contribution in [1.82, 2.24) is 5.32 Å². The molecule has 0 spiro atoms. The van der Waals surface area contributed by atoms with Crippen LogP contribution in [0.4, 0.5) is 0 Å². The third kappa shape index (κ3) is 3.10. The van der Waals surface area contributed by atoms with Gasteiger partial charge in [0.1, 0.15) is 22.8 Å². The van der Waals surface area contributed by atoms with Crippen molar-refractivity contribution in [2.45, 2.75) is 57.3 Å². The Hall–Kier alpha value is -3.17. The van der Waals surface area contributed by atoms with Crippen LogP contribution in [0.25, 0.3) is 5.76 Å². The van der Waals surface area contributed by atoms with Crippen LogP contribution in [0.5, 0.6) is 5.75 Å². The van der Waals surface area contributed by atoms with E-state index in [2.05, 4.69) is 5.32 Å². The molecule has 9 nitrogen and oxygen atoms in total. The lowest BCUT2D eigenvalue weighted by Crippen LogP contribution is -2.64. The van der Waals surface area contributed by atoms with Crippen LogP contribution in [0.15, 0.2) is 35.1 Å². The first-order valence-corrected chi connectivity index (χ1v) is 10.7. The van der Waals surface area contributed by atoms with Crippen LogP contribution in [-0.2, 0) is 14.4 Å². The Kier molecular flexibility index (Phi) is 4.99. The average Bonchev–Trinajstić information content (AvgIpc) is 2.69. The van der Waals surface area contributed by atoms with Gasteiger partial charge in [-0.25, -0.2) is 0 Å². The fraction of sp³-hybridized carbons (Fsp3) is 0.458. The molecule has 9 heteroatoms. The van der Waals surface area contributed by atoms with E-state index in [1.807, 2.05) is 0 Å². The minimum atomic E-state index is -2.79. The van der Waals surface area contributed by atoms with E-state index in [4.69, 9.17) is 0 Å². The number of phenols is 1. The van der Waals surface area contributed by atoms with Gasteiger partial charge in [0, 0.05) is 29.4 Å². The summed E-state index contributed by atoms with van der Waals surface area (Å²) in [5, 5.41) is 57.3. The second-order valence-electron chi connectivity index (χ2n) is 10.1. The Labute approximate surface area is 190 Å². The summed E-state index contributed by atoms with van der Waals surface area (Å²) in [7, 11) is 0. The van der Waals surface area contributed by atoms with Crippen LogP contribution in [0.1, 0.15) is 51.2 Å². The molecule has 176 valence electrons. The summed E-state index contributed by atoms with van der Waals surface area (Å²) < 4.78 is 0. The number of ketones is 2. The summed E-state index contributed by atoms with van der Waals surface area (Å²) in [6, 6.07) is 4.54. The number of amides is 1. The second kappa shape index (κ2) is 7.16. The molecule has 1 aromatic rings. The molecule has 0 aromatic heterocycles. The maximum absolute atomic E-state index is 13.6. The van der Waals surface area contributed by atoms with E-state index in [-0.39, 0.29) is 16.9 Å². The maximum Gasteiger partial charge on any atom is 0.258 e. The van der Waals surface area contributed by atoms with Crippen LogP contribution in [0, 0.1) is 11.8 Å². The molecular weight excluding hydrogens is 430 g/mol. The molecule has 0 unspecified atom stereocenters. The number of carbonyl (C=O) groups excluding carboxylic acids is 3. The van der Waals surface area contributed by atoms with Gasteiger partial charge in [0.05, 0.1) is 11.7 Å². The van der Waals surface area contributed by atoms with Crippen LogP contribution in [-0.4, -0.2) is 60.3 Å². The highest BCUT2D eigenvalue weighted by molar-refractivity contribution is 6.23. The molecule has 3 aliphatic carbocycles. The number of benzene rings is 1. The first-order valence-electron chi connectivity index (χ1n) is 10.7. The highest BCUT2D eigenvalue weighted by Crippen LogP contribution is 2.55. The number of aliphatic hydroxyl groups is 4. The number of nitrogens with one attached hydrogen (secondary N) is 1. The molecule has 1 saturated carbocycles. The van der Waals surface area contributed by atoms with Crippen molar-refractivity contribution in [3.05, 3.63) is 46.2 Å². The maximum atomic E-state index is 13.6. The van der Waals surface area contributed by atoms with E-state index in [1.54, 1.807) is 39.8 Å². The van der Waals surface area contributed by atoms with Crippen molar-refractivity contribution in [2.24, 2.45) is 11.8 Å². The standard InChI is InChI=1S/C24H27NO8/c1-9-10-6-5-7-12(26)15(10)19(29)17-14(9)18(28)11-8-13(27)16(22(32)25-23(2,3)4)20(30)24(11,33)21(17)31/h5-7,9,11,14,18,26,28-30,33H,8H2,1-4H3,(H,25,32)/t9-,11+,14+,18+,24+/m0/s1. The molecule has 3 aliphatic rings. The quantitative estimate of drug-likeness (QED) is 0.344. The van der Waals surface area contributed by atoms with Gasteiger partial charge in [0.25, 0.3) is 5.91 Å². The number of aromatic hydroxyl groups is 1. The van der Waals surface area contributed by atoms with Gasteiger partial charge in [-0.1, -0.05) is 19.1 Å². The number of carbonyl (C=O) groups is 3. The van der Waals surface area contributed by atoms with Gasteiger partial charge >= 0.3 is 0 Å². The van der Waals surface area contributed by atoms with Crippen LogP contribution in [0.2, 0.25) is 0 Å². The summed E-state index contributed by atoms with van der Waals surface area (Å²) in [5.41, 5.74) is -4.19. The van der Waals surface area contributed by atoms with Crippen LogP contribution >= 0.6 is 0 Å². The van der Waals surface area contributed by atoms with Gasteiger partial charge in [-0.15, -0.1) is 0 Å². The molecule has 0 heterocycles. The van der Waals surface area contributed by atoms with Crippen molar-refractivity contribution < 1.29 is 39.9 Å². The lowest BCUT2D eigenvalue weighted by molar-refractivity contribution is -0.160. The second-order valence-corrected chi connectivity index (χ2v) is 10.1. The predicted octanol–water partition coefficient (Wildman–Crippen LogP) is 1.39. The number of hydrogen-bond acceptors (Lipinski definition) is 8. The van der Waals surface area contributed by atoms with Crippen molar-refractivity contribution in [2.75, 3.05) is 0 Å². The predicted molar refractivity (Wildman–Crippen MR) is 116 cm³/mol. The molecule has 0 radical (unpaired) electrons. The van der Waals surface area contributed by atoms with E-state index >= 15 is 0 Å². The van der Waals surface area contributed by atoms with E-state index < -0.39 is 76.0 Å². The first-order chi connectivity index (χ1) is 15.2. The number of aliphatic hydroxyl groups excluding tert-OH is 3. The van der Waals surface area contributed by atoms with Gasteiger partial charge in [0.2, 0.25) is 5.78 Å². The molecule has 0 bridgehead atoms. The van der Waals surface area contributed by atoms with Crippen molar-refractivity contribution in [3.63, 3.8) is 0 Å². The monoisotopic (exact) mass is 457 g/mol. The molecule has 1 amide bonds. The topological polar surface area (TPSA) is 164 Å². The fourth-order valence-corrected chi connectivity index (χ4v) is 5.34. The summed E-state index contributed by atoms with van der Waals surface area (Å²) in [6.45, 7) is 6.66. The van der Waals surface area contributed by atoms with E-state index in [1.165, 1.54) is 6.07 Å². The number of rotatable bonds is 1. The molecule has 1 fully saturated rings. The van der Waals surface area contributed by atoms with Crippen LogP contribution in [0.3, 0.4) is 0 Å². The highest BCUT2D eigenvalue weighted by atomic mass is 16.4. The fourth-order valence-electron chi connectivity index (χ4n) is 5.34. The van der Waals surface area contributed by atoms with Crippen molar-refractivity contribution in [3.8, 4) is 5.75 Å². The molecule has 33 heavy (non-hydrogen) atoms. The normalized spacial score (nSPS) is 31.7. The molecule has 6 N–H and O–H groups in total. The smallest absolute Gasteiger partial charge is 0.258 e. The Morgan fingerprint density at radius 2 is 1.79 bits per heavy atom. The zero-order valence-corrected chi connectivity index (χ0v) is 18.7. The number of Topliss-reactive ketones (excluding diaryl/α,β-unsaturated/α-hetero) is 2. The minimum absolute atomic E-state index is 0.0000886.